The summed E-state index contributed by atoms with van der Waals surface area (Å²) in [7, 11) is 0. The van der Waals surface area contributed by atoms with Crippen LogP contribution in [-0.2, 0) is 0 Å². The molecule has 5 heteroatoms. The summed E-state index contributed by atoms with van der Waals surface area (Å²) in [6.07, 6.45) is 15.4. The van der Waals surface area contributed by atoms with Gasteiger partial charge in [0.1, 0.15) is 0 Å². The quantitative estimate of drug-likeness (QED) is 0.518. The van der Waals surface area contributed by atoms with E-state index in [9.17, 15) is 0 Å². The lowest BCUT2D eigenvalue weighted by Gasteiger charge is -2.33. The Labute approximate surface area is 172 Å². The molecule has 2 saturated heterocycles. The zero-order chi connectivity index (χ0) is 19.2. The van der Waals surface area contributed by atoms with Gasteiger partial charge in [-0.05, 0) is 70.8 Å². The molecular weight excluding hydrogens is 346 g/mol. The van der Waals surface area contributed by atoms with Crippen molar-refractivity contribution >= 4 is 5.96 Å². The van der Waals surface area contributed by atoms with Crippen LogP contribution in [0.2, 0.25) is 0 Å². The van der Waals surface area contributed by atoms with Gasteiger partial charge in [0, 0.05) is 44.3 Å². The fourth-order valence-corrected chi connectivity index (χ4v) is 5.60. The molecule has 2 saturated carbocycles. The topological polar surface area (TPSA) is 42.9 Å². The van der Waals surface area contributed by atoms with E-state index < -0.39 is 0 Å². The number of rotatable bonds is 7. The normalized spacial score (nSPS) is 29.3. The predicted molar refractivity (Wildman–Crippen MR) is 118 cm³/mol. The predicted octanol–water partition coefficient (Wildman–Crippen LogP) is 3.21. The molecule has 28 heavy (non-hydrogen) atoms. The molecule has 2 aliphatic heterocycles. The van der Waals surface area contributed by atoms with Crippen molar-refractivity contribution in [3.63, 3.8) is 0 Å². The minimum absolute atomic E-state index is 0.592. The third-order valence-corrected chi connectivity index (χ3v) is 7.45. The molecule has 2 aliphatic carbocycles. The molecular formula is C23H43N5. The lowest BCUT2D eigenvalue weighted by Crippen LogP contribution is -2.49. The first-order valence-corrected chi connectivity index (χ1v) is 12.3. The van der Waals surface area contributed by atoms with E-state index in [-0.39, 0.29) is 0 Å². The number of nitrogens with one attached hydrogen (secondary N) is 2. The van der Waals surface area contributed by atoms with Gasteiger partial charge in [0.05, 0.1) is 6.54 Å². The Morgan fingerprint density at radius 1 is 0.893 bits per heavy atom. The summed E-state index contributed by atoms with van der Waals surface area (Å²) in [5.74, 6) is 2.00. The molecule has 2 heterocycles. The zero-order valence-corrected chi connectivity index (χ0v) is 18.2. The Hall–Kier alpha value is -0.810. The van der Waals surface area contributed by atoms with Crippen molar-refractivity contribution in [3.05, 3.63) is 0 Å². The van der Waals surface area contributed by atoms with Gasteiger partial charge in [0.15, 0.2) is 5.96 Å². The van der Waals surface area contributed by atoms with Crippen LogP contribution in [0.1, 0.15) is 77.6 Å². The summed E-state index contributed by atoms with van der Waals surface area (Å²) < 4.78 is 0. The van der Waals surface area contributed by atoms with Crippen molar-refractivity contribution < 1.29 is 0 Å². The smallest absolute Gasteiger partial charge is 0.191 e. The summed E-state index contributed by atoms with van der Waals surface area (Å²) in [5, 5.41) is 7.25. The van der Waals surface area contributed by atoms with Crippen LogP contribution in [0.3, 0.4) is 0 Å². The fraction of sp³-hybridized carbons (Fsp3) is 0.957. The maximum Gasteiger partial charge on any atom is 0.191 e. The van der Waals surface area contributed by atoms with Crippen molar-refractivity contribution in [2.75, 3.05) is 39.3 Å². The van der Waals surface area contributed by atoms with E-state index in [1.807, 2.05) is 0 Å². The Bertz CT molecular complexity index is 489. The number of hydrogen-bond acceptors (Lipinski definition) is 3. The molecule has 1 unspecified atom stereocenters. The Morgan fingerprint density at radius 3 is 2.39 bits per heavy atom. The molecule has 0 aromatic heterocycles. The zero-order valence-electron chi connectivity index (χ0n) is 18.2. The lowest BCUT2D eigenvalue weighted by atomic mass is 9.89. The maximum absolute atomic E-state index is 5.04. The third-order valence-electron chi connectivity index (χ3n) is 7.45. The van der Waals surface area contributed by atoms with Crippen molar-refractivity contribution in [3.8, 4) is 0 Å². The summed E-state index contributed by atoms with van der Waals surface area (Å²) in [4.78, 5) is 10.5. The average molecular weight is 390 g/mol. The van der Waals surface area contributed by atoms with Gasteiger partial charge in [-0.15, -0.1) is 0 Å². The molecule has 4 aliphatic rings. The molecule has 0 radical (unpaired) electrons. The van der Waals surface area contributed by atoms with E-state index in [1.165, 1.54) is 96.8 Å². The van der Waals surface area contributed by atoms with Gasteiger partial charge in [-0.3, -0.25) is 9.89 Å². The first kappa shape index (κ1) is 20.5. The Balaban J connectivity index is 1.24. The molecule has 4 rings (SSSR count). The Morgan fingerprint density at radius 2 is 1.68 bits per heavy atom. The molecule has 0 amide bonds. The second-order valence-electron chi connectivity index (χ2n) is 9.70. The average Bonchev–Trinajstić information content (AvgIpc) is 3.48. The van der Waals surface area contributed by atoms with E-state index in [2.05, 4.69) is 27.4 Å². The van der Waals surface area contributed by atoms with Gasteiger partial charge in [-0.1, -0.05) is 19.3 Å². The summed E-state index contributed by atoms with van der Waals surface area (Å²) in [6, 6.07) is 2.17. The van der Waals surface area contributed by atoms with Gasteiger partial charge < -0.3 is 15.5 Å². The number of nitrogens with zero attached hydrogens (tertiary/aromatic N) is 3. The van der Waals surface area contributed by atoms with Crippen molar-refractivity contribution in [2.45, 2.75) is 95.7 Å². The standard InChI is InChI=1S/C23H43N5/c1-2-24-23(26-20-12-15-27(16-13-20)21-10-11-21)25-17-22-9-6-14-28(22)18-19-7-4-3-5-8-19/h19-22H,2-18H2,1H3,(H2,24,25,26). The maximum atomic E-state index is 5.04. The lowest BCUT2D eigenvalue weighted by molar-refractivity contribution is 0.190. The molecule has 0 spiro atoms. The molecule has 0 bridgehead atoms. The SMILES string of the molecule is CCNC(=NCC1CCCN1CC1CCCCC1)NC1CCN(C2CC2)CC1. The van der Waals surface area contributed by atoms with Gasteiger partial charge >= 0.3 is 0 Å². The molecule has 5 nitrogen and oxygen atoms in total. The highest BCUT2D eigenvalue weighted by molar-refractivity contribution is 5.80. The van der Waals surface area contributed by atoms with Crippen LogP contribution in [0, 0.1) is 5.92 Å². The van der Waals surface area contributed by atoms with E-state index in [1.54, 1.807) is 0 Å². The van der Waals surface area contributed by atoms with E-state index >= 15 is 0 Å². The number of piperidine rings is 1. The van der Waals surface area contributed by atoms with Crippen LogP contribution in [-0.4, -0.2) is 73.2 Å². The minimum Gasteiger partial charge on any atom is -0.357 e. The number of guanidine groups is 1. The number of hydrogen-bond donors (Lipinski definition) is 2. The molecule has 2 N–H and O–H groups in total. The second-order valence-corrected chi connectivity index (χ2v) is 9.70. The van der Waals surface area contributed by atoms with E-state index in [0.29, 0.717) is 12.1 Å². The largest absolute Gasteiger partial charge is 0.357 e. The highest BCUT2D eigenvalue weighted by atomic mass is 15.2. The van der Waals surface area contributed by atoms with Crippen molar-refractivity contribution in [1.29, 1.82) is 0 Å². The molecule has 0 aromatic carbocycles. The summed E-state index contributed by atoms with van der Waals surface area (Å²) >= 11 is 0. The molecule has 1 atom stereocenters. The van der Waals surface area contributed by atoms with Crippen LogP contribution >= 0.6 is 0 Å². The first-order valence-electron chi connectivity index (χ1n) is 12.3. The monoisotopic (exact) mass is 389 g/mol. The second kappa shape index (κ2) is 10.3. The van der Waals surface area contributed by atoms with Crippen LogP contribution < -0.4 is 10.6 Å². The van der Waals surface area contributed by atoms with Gasteiger partial charge in [-0.25, -0.2) is 0 Å². The minimum atomic E-state index is 0.592. The van der Waals surface area contributed by atoms with Crippen LogP contribution in [0.25, 0.3) is 0 Å². The highest BCUT2D eigenvalue weighted by Gasteiger charge is 2.32. The van der Waals surface area contributed by atoms with Crippen LogP contribution in [0.5, 0.6) is 0 Å². The van der Waals surface area contributed by atoms with Crippen LogP contribution in [0.4, 0.5) is 0 Å². The van der Waals surface area contributed by atoms with Crippen molar-refractivity contribution in [1.82, 2.24) is 20.4 Å². The molecule has 4 fully saturated rings. The molecule has 0 aromatic rings. The summed E-state index contributed by atoms with van der Waals surface area (Å²) in [6.45, 7) is 9.23. The highest BCUT2D eigenvalue weighted by Crippen LogP contribution is 2.29. The van der Waals surface area contributed by atoms with E-state index in [4.69, 9.17) is 4.99 Å². The fourth-order valence-electron chi connectivity index (χ4n) is 5.60. The summed E-state index contributed by atoms with van der Waals surface area (Å²) in [5.41, 5.74) is 0. The third kappa shape index (κ3) is 5.85. The Kier molecular flexibility index (Phi) is 7.52. The van der Waals surface area contributed by atoms with E-state index in [0.717, 1.165) is 31.0 Å². The first-order chi connectivity index (χ1) is 13.8. The van der Waals surface area contributed by atoms with Crippen molar-refractivity contribution in [2.24, 2.45) is 10.9 Å². The van der Waals surface area contributed by atoms with Crippen LogP contribution in [0.15, 0.2) is 4.99 Å². The van der Waals surface area contributed by atoms with Gasteiger partial charge in [0.2, 0.25) is 0 Å². The van der Waals surface area contributed by atoms with Gasteiger partial charge in [-0.2, -0.15) is 0 Å². The number of likely N-dealkylation sites (tertiary alicyclic amines) is 2. The van der Waals surface area contributed by atoms with Gasteiger partial charge in [0.25, 0.3) is 0 Å². The molecule has 160 valence electrons. The number of aliphatic imine (C=N–C) groups is 1.